The number of halogens is 1. The zero-order valence-electron chi connectivity index (χ0n) is 11.2. The molecule has 4 nitrogen and oxygen atoms in total. The minimum absolute atomic E-state index is 0.0563. The van der Waals surface area contributed by atoms with E-state index in [9.17, 15) is 9.59 Å². The normalized spacial score (nSPS) is 18.2. The number of carboxylic acid groups (broad SMARTS) is 1. The molecule has 1 unspecified atom stereocenters. The lowest BCUT2D eigenvalue weighted by Crippen LogP contribution is -2.36. The number of amides is 1. The van der Waals surface area contributed by atoms with E-state index < -0.39 is 5.97 Å². The monoisotopic (exact) mass is 339 g/mol. The molecule has 1 aliphatic heterocycles. The summed E-state index contributed by atoms with van der Waals surface area (Å²) in [6, 6.07) is 7.73. The first-order chi connectivity index (χ1) is 9.58. The Morgan fingerprint density at radius 3 is 2.80 bits per heavy atom. The number of benzene rings is 1. The van der Waals surface area contributed by atoms with Gasteiger partial charge in [0.25, 0.3) is 0 Å². The lowest BCUT2D eigenvalue weighted by atomic mass is 10.1. The summed E-state index contributed by atoms with van der Waals surface area (Å²) in [5.74, 6) is -0.773. The van der Waals surface area contributed by atoms with E-state index in [1.54, 1.807) is 4.90 Å². The predicted octanol–water partition coefficient (Wildman–Crippen LogP) is 2.85. The van der Waals surface area contributed by atoms with Gasteiger partial charge in [-0.2, -0.15) is 0 Å². The molecule has 0 aliphatic carbocycles. The summed E-state index contributed by atoms with van der Waals surface area (Å²) >= 11 is 3.47. The predicted molar refractivity (Wildman–Crippen MR) is 79.5 cm³/mol. The van der Waals surface area contributed by atoms with Gasteiger partial charge in [-0.05, 0) is 30.9 Å². The van der Waals surface area contributed by atoms with Crippen molar-refractivity contribution in [3.63, 3.8) is 0 Å². The van der Waals surface area contributed by atoms with Crippen LogP contribution < -0.4 is 0 Å². The minimum atomic E-state index is -0.833. The second-order valence-electron chi connectivity index (χ2n) is 5.07. The zero-order valence-corrected chi connectivity index (χ0v) is 12.8. The van der Waals surface area contributed by atoms with Crippen molar-refractivity contribution >= 4 is 27.8 Å². The van der Waals surface area contributed by atoms with E-state index in [4.69, 9.17) is 5.11 Å². The van der Waals surface area contributed by atoms with Crippen LogP contribution in [0, 0.1) is 0 Å². The van der Waals surface area contributed by atoms with Gasteiger partial charge in [0.05, 0.1) is 6.42 Å². The molecule has 0 spiro atoms. The molecule has 1 aliphatic rings. The average molecular weight is 340 g/mol. The van der Waals surface area contributed by atoms with Gasteiger partial charge >= 0.3 is 5.97 Å². The number of carboxylic acids is 1. The molecule has 2 rings (SSSR count). The van der Waals surface area contributed by atoms with Crippen LogP contribution in [0.1, 0.15) is 31.2 Å². The first kappa shape index (κ1) is 15.0. The molecule has 1 atom stereocenters. The molecule has 0 saturated carbocycles. The maximum absolute atomic E-state index is 12.2. The summed E-state index contributed by atoms with van der Waals surface area (Å²) in [6.45, 7) is 0.687. The van der Waals surface area contributed by atoms with Crippen molar-refractivity contribution in [2.24, 2.45) is 0 Å². The molecule has 1 heterocycles. The smallest absolute Gasteiger partial charge is 0.305 e. The summed E-state index contributed by atoms with van der Waals surface area (Å²) in [5.41, 5.74) is 1.11. The fraction of sp³-hybridized carbons (Fsp3) is 0.467. The van der Waals surface area contributed by atoms with Crippen LogP contribution in [0.25, 0.3) is 0 Å². The molecular weight excluding hydrogens is 322 g/mol. The Balaban J connectivity index is 1.91. The molecule has 0 radical (unpaired) electrons. The van der Waals surface area contributed by atoms with Crippen molar-refractivity contribution in [1.29, 1.82) is 0 Å². The Hall–Kier alpha value is -1.36. The van der Waals surface area contributed by atoms with Gasteiger partial charge in [0.1, 0.15) is 0 Å². The zero-order chi connectivity index (χ0) is 14.5. The maximum Gasteiger partial charge on any atom is 0.305 e. The van der Waals surface area contributed by atoms with Gasteiger partial charge < -0.3 is 10.0 Å². The number of carbonyl (C=O) groups is 2. The number of aryl methyl sites for hydroxylation is 1. The van der Waals surface area contributed by atoms with E-state index in [0.717, 1.165) is 22.9 Å². The Morgan fingerprint density at radius 2 is 2.10 bits per heavy atom. The summed E-state index contributed by atoms with van der Waals surface area (Å²) in [7, 11) is 0. The van der Waals surface area contributed by atoms with Crippen LogP contribution in [-0.2, 0) is 16.0 Å². The lowest BCUT2D eigenvalue weighted by molar-refractivity contribution is -0.139. The van der Waals surface area contributed by atoms with Crippen molar-refractivity contribution in [1.82, 2.24) is 4.90 Å². The Morgan fingerprint density at radius 1 is 1.35 bits per heavy atom. The van der Waals surface area contributed by atoms with Crippen LogP contribution in [-0.4, -0.2) is 34.5 Å². The third-order valence-electron chi connectivity index (χ3n) is 3.67. The van der Waals surface area contributed by atoms with Gasteiger partial charge in [-0.1, -0.05) is 34.1 Å². The van der Waals surface area contributed by atoms with E-state index in [2.05, 4.69) is 15.9 Å². The van der Waals surface area contributed by atoms with E-state index in [1.807, 2.05) is 24.3 Å². The molecule has 1 aromatic rings. The van der Waals surface area contributed by atoms with Crippen LogP contribution in [0.15, 0.2) is 28.7 Å². The molecule has 0 bridgehead atoms. The molecule has 1 amide bonds. The van der Waals surface area contributed by atoms with E-state index in [-0.39, 0.29) is 18.4 Å². The highest BCUT2D eigenvalue weighted by Gasteiger charge is 2.29. The highest BCUT2D eigenvalue weighted by Crippen LogP contribution is 2.23. The molecule has 1 N–H and O–H groups in total. The number of nitrogens with zero attached hydrogens (tertiary/aromatic N) is 1. The van der Waals surface area contributed by atoms with Crippen LogP contribution in [0.5, 0.6) is 0 Å². The van der Waals surface area contributed by atoms with Gasteiger partial charge in [0.2, 0.25) is 5.91 Å². The summed E-state index contributed by atoms with van der Waals surface area (Å²) in [5, 5.41) is 8.87. The summed E-state index contributed by atoms with van der Waals surface area (Å²) in [6.07, 6.45) is 2.86. The topological polar surface area (TPSA) is 57.6 Å². The van der Waals surface area contributed by atoms with Crippen LogP contribution in [0.2, 0.25) is 0 Å². The van der Waals surface area contributed by atoms with Crippen molar-refractivity contribution in [3.8, 4) is 0 Å². The number of carbonyl (C=O) groups excluding carboxylic acids is 1. The van der Waals surface area contributed by atoms with Crippen LogP contribution in [0.4, 0.5) is 0 Å². The van der Waals surface area contributed by atoms with Crippen molar-refractivity contribution in [3.05, 3.63) is 34.3 Å². The minimum Gasteiger partial charge on any atom is -0.481 e. The number of likely N-dealkylation sites (tertiary alicyclic amines) is 1. The second-order valence-corrected chi connectivity index (χ2v) is 5.93. The molecule has 0 aromatic heterocycles. The van der Waals surface area contributed by atoms with Crippen LogP contribution in [0.3, 0.4) is 0 Å². The van der Waals surface area contributed by atoms with Crippen molar-refractivity contribution in [2.75, 3.05) is 6.54 Å². The molecular formula is C15H18BrNO3. The first-order valence-electron chi connectivity index (χ1n) is 6.82. The van der Waals surface area contributed by atoms with E-state index >= 15 is 0 Å². The van der Waals surface area contributed by atoms with Gasteiger partial charge in [0.15, 0.2) is 0 Å². The number of aliphatic carboxylic acids is 1. The molecule has 20 heavy (non-hydrogen) atoms. The number of rotatable bonds is 5. The standard InChI is InChI=1S/C15H18BrNO3/c16-13-6-2-1-4-11(13)7-8-14(18)17-9-3-5-12(17)10-15(19)20/h1-2,4,6,12H,3,5,7-10H2,(H,19,20). The maximum atomic E-state index is 12.2. The molecule has 1 fully saturated rings. The SMILES string of the molecule is O=C(O)CC1CCCN1C(=O)CCc1ccccc1Br. The fourth-order valence-electron chi connectivity index (χ4n) is 2.66. The fourth-order valence-corrected chi connectivity index (χ4v) is 3.15. The quantitative estimate of drug-likeness (QED) is 0.897. The third-order valence-corrected chi connectivity index (χ3v) is 4.45. The summed E-state index contributed by atoms with van der Waals surface area (Å²) < 4.78 is 1.01. The lowest BCUT2D eigenvalue weighted by Gasteiger charge is -2.23. The summed E-state index contributed by atoms with van der Waals surface area (Å²) in [4.78, 5) is 24.8. The van der Waals surface area contributed by atoms with E-state index in [0.29, 0.717) is 19.4 Å². The third kappa shape index (κ3) is 3.82. The molecule has 1 aromatic carbocycles. The molecule has 1 saturated heterocycles. The van der Waals surface area contributed by atoms with Gasteiger partial charge in [-0.25, -0.2) is 0 Å². The molecule has 108 valence electrons. The van der Waals surface area contributed by atoms with Crippen molar-refractivity contribution < 1.29 is 14.7 Å². The van der Waals surface area contributed by atoms with Gasteiger partial charge in [-0.15, -0.1) is 0 Å². The number of hydrogen-bond acceptors (Lipinski definition) is 2. The average Bonchev–Trinajstić information content (AvgIpc) is 2.85. The Kier molecular flexibility index (Phi) is 5.17. The van der Waals surface area contributed by atoms with E-state index in [1.165, 1.54) is 0 Å². The second kappa shape index (κ2) is 6.88. The van der Waals surface area contributed by atoms with Crippen molar-refractivity contribution in [2.45, 2.75) is 38.1 Å². The Labute approximate surface area is 126 Å². The van der Waals surface area contributed by atoms with Gasteiger partial charge in [-0.3, -0.25) is 9.59 Å². The van der Waals surface area contributed by atoms with Gasteiger partial charge in [0, 0.05) is 23.5 Å². The number of hydrogen-bond donors (Lipinski definition) is 1. The largest absolute Gasteiger partial charge is 0.481 e. The first-order valence-corrected chi connectivity index (χ1v) is 7.62. The highest BCUT2D eigenvalue weighted by molar-refractivity contribution is 9.10. The molecule has 5 heteroatoms. The van der Waals surface area contributed by atoms with Crippen LogP contribution >= 0.6 is 15.9 Å². The highest BCUT2D eigenvalue weighted by atomic mass is 79.9. The Bertz CT molecular complexity index is 504.